The van der Waals surface area contributed by atoms with Crippen molar-refractivity contribution in [2.45, 2.75) is 131 Å². The van der Waals surface area contributed by atoms with Crippen LogP contribution in [0.2, 0.25) is 0 Å². The van der Waals surface area contributed by atoms with Gasteiger partial charge in [-0.15, -0.1) is 22.7 Å². The molecule has 4 aliphatic carbocycles. The van der Waals surface area contributed by atoms with E-state index in [0.717, 1.165) is 77.6 Å². The third-order valence-electron chi connectivity index (χ3n) is 13.2. The minimum Gasteiger partial charge on any atom is -0.367 e. The van der Waals surface area contributed by atoms with Crippen LogP contribution >= 0.6 is 22.7 Å². The van der Waals surface area contributed by atoms with E-state index in [2.05, 4.69) is 25.8 Å². The van der Waals surface area contributed by atoms with Crippen LogP contribution in [0.1, 0.15) is 90.4 Å². The van der Waals surface area contributed by atoms with E-state index in [-0.39, 0.29) is 30.1 Å². The van der Waals surface area contributed by atoms with Gasteiger partial charge in [-0.3, -0.25) is 4.90 Å². The van der Waals surface area contributed by atoms with Crippen molar-refractivity contribution in [3.8, 4) is 0 Å². The van der Waals surface area contributed by atoms with Crippen LogP contribution in [-0.2, 0) is 25.7 Å². The van der Waals surface area contributed by atoms with E-state index in [9.17, 15) is 13.2 Å². The summed E-state index contributed by atoms with van der Waals surface area (Å²) in [4.78, 5) is 28.7. The Balaban J connectivity index is 0.924. The molecule has 14 heteroatoms. The fourth-order valence-electron chi connectivity index (χ4n) is 10.6. The number of piperidine rings is 1. The molecule has 0 radical (unpaired) electrons. The van der Waals surface area contributed by atoms with Gasteiger partial charge in [-0.05, 0) is 115 Å². The molecular formula is C37H46F3N9S2. The molecule has 4 aromatic heterocycles. The molecule has 272 valence electrons. The zero-order valence-electron chi connectivity index (χ0n) is 29.3. The predicted octanol–water partition coefficient (Wildman–Crippen LogP) is 6.66. The summed E-state index contributed by atoms with van der Waals surface area (Å²) in [5.41, 5.74) is 3.06. The summed E-state index contributed by atoms with van der Waals surface area (Å²) in [7, 11) is 4.05. The number of aromatic nitrogens is 4. The van der Waals surface area contributed by atoms with Crippen LogP contribution in [0.5, 0.6) is 0 Å². The number of nitrogens with one attached hydrogen (secondary N) is 3. The van der Waals surface area contributed by atoms with Crippen LogP contribution in [0, 0.1) is 0 Å². The van der Waals surface area contributed by atoms with Crippen molar-refractivity contribution in [2.75, 3.05) is 37.8 Å². The lowest BCUT2D eigenvalue weighted by Crippen LogP contribution is -2.76. The van der Waals surface area contributed by atoms with Gasteiger partial charge in [-0.25, -0.2) is 19.9 Å². The van der Waals surface area contributed by atoms with Gasteiger partial charge >= 0.3 is 6.18 Å². The zero-order valence-corrected chi connectivity index (χ0v) is 30.9. The van der Waals surface area contributed by atoms with Crippen molar-refractivity contribution in [1.82, 2.24) is 35.1 Å². The molecule has 5 atom stereocenters. The highest BCUT2D eigenvalue weighted by atomic mass is 32.1. The molecule has 11 rings (SSSR count). The zero-order chi connectivity index (χ0) is 34.6. The Kier molecular flexibility index (Phi) is 7.88. The summed E-state index contributed by atoms with van der Waals surface area (Å²) in [6, 6.07) is 0.245. The van der Waals surface area contributed by atoms with Crippen LogP contribution in [-0.4, -0.2) is 98.8 Å². The maximum absolute atomic E-state index is 13.6. The molecule has 7 heterocycles. The van der Waals surface area contributed by atoms with Gasteiger partial charge in [0.2, 0.25) is 0 Å². The van der Waals surface area contributed by atoms with E-state index in [1.165, 1.54) is 58.4 Å². The lowest BCUT2D eigenvalue weighted by molar-refractivity contribution is -0.189. The average Bonchev–Trinajstić information content (AvgIpc) is 3.93. The Morgan fingerprint density at radius 2 is 1.69 bits per heavy atom. The highest BCUT2D eigenvalue weighted by molar-refractivity contribution is 7.19. The third-order valence-corrected chi connectivity index (χ3v) is 15.6. The standard InChI is InChI=1S/C37H46F3N9S2/c1-48(2)21-15-24-30(25(16-21)49(24)17-37(38,39)40)45-32-29-23-13-19(14-27(23)51-34(29)42-18-41-32)31-46-33(28-22-5-3-6-26(22)50-35(28)47-31)44-20-7-10-36(11-8-20)9-4-12-43-36/h18-21,24-25,30,43H,3-17H2,1-2H3,(H,41,42,45)(H,44,46,47)/t19?,20?,21-,24-,25+,30?,36?. The van der Waals surface area contributed by atoms with Gasteiger partial charge in [0.25, 0.3) is 0 Å². The summed E-state index contributed by atoms with van der Waals surface area (Å²) in [6.45, 7) is 0.294. The van der Waals surface area contributed by atoms with Gasteiger partial charge in [0, 0.05) is 45.4 Å². The van der Waals surface area contributed by atoms with E-state index in [4.69, 9.17) is 15.0 Å². The Bertz CT molecular complexity index is 1960. The van der Waals surface area contributed by atoms with Crippen LogP contribution in [0.4, 0.5) is 24.8 Å². The van der Waals surface area contributed by atoms with Crippen LogP contribution in [0.25, 0.3) is 20.4 Å². The molecule has 51 heavy (non-hydrogen) atoms. The number of hydrogen-bond donors (Lipinski definition) is 3. The molecule has 7 aliphatic rings. The maximum atomic E-state index is 13.6. The summed E-state index contributed by atoms with van der Waals surface area (Å²) in [5, 5.41) is 13.7. The second kappa shape index (κ2) is 12.2. The van der Waals surface area contributed by atoms with E-state index >= 15 is 0 Å². The van der Waals surface area contributed by atoms with Crippen molar-refractivity contribution < 1.29 is 13.2 Å². The number of nitrogens with zero attached hydrogens (tertiary/aromatic N) is 6. The van der Waals surface area contributed by atoms with Crippen molar-refractivity contribution >= 4 is 54.7 Å². The first-order chi connectivity index (χ1) is 24.6. The molecule has 0 aromatic carbocycles. The summed E-state index contributed by atoms with van der Waals surface area (Å²) in [5.74, 6) is 2.88. The highest BCUT2D eigenvalue weighted by Crippen LogP contribution is 2.48. The fraction of sp³-hybridized carbons (Fsp3) is 0.676. The molecule has 3 saturated heterocycles. The number of anilines is 2. The number of alkyl halides is 3. The van der Waals surface area contributed by atoms with Crippen LogP contribution in [0.15, 0.2) is 6.33 Å². The highest BCUT2D eigenvalue weighted by Gasteiger charge is 2.56. The molecule has 1 spiro atoms. The normalized spacial score (nSPS) is 31.9. The first kappa shape index (κ1) is 33.0. The average molecular weight is 738 g/mol. The van der Waals surface area contributed by atoms with Gasteiger partial charge in [0.15, 0.2) is 0 Å². The monoisotopic (exact) mass is 737 g/mol. The van der Waals surface area contributed by atoms with Gasteiger partial charge in [0.1, 0.15) is 33.4 Å². The quantitative estimate of drug-likeness (QED) is 0.193. The minimum atomic E-state index is -4.21. The van der Waals surface area contributed by atoms with Gasteiger partial charge in [0.05, 0.1) is 23.4 Å². The third kappa shape index (κ3) is 5.64. The Morgan fingerprint density at radius 1 is 0.902 bits per heavy atom. The molecule has 2 bridgehead atoms. The van der Waals surface area contributed by atoms with Crippen LogP contribution in [0.3, 0.4) is 0 Å². The summed E-state index contributed by atoms with van der Waals surface area (Å²) >= 11 is 3.58. The lowest BCUT2D eigenvalue weighted by atomic mass is 9.72. The second-order valence-corrected chi connectivity index (χ2v) is 18.6. The largest absolute Gasteiger partial charge is 0.401 e. The van der Waals surface area contributed by atoms with Gasteiger partial charge in [-0.1, -0.05) is 0 Å². The van der Waals surface area contributed by atoms with E-state index in [1.807, 2.05) is 25.4 Å². The van der Waals surface area contributed by atoms with E-state index in [1.54, 1.807) is 22.6 Å². The number of thiophene rings is 2. The molecule has 2 unspecified atom stereocenters. The smallest absolute Gasteiger partial charge is 0.367 e. The molecule has 3 N–H and O–H groups in total. The molecule has 3 aliphatic heterocycles. The molecule has 9 nitrogen and oxygen atoms in total. The van der Waals surface area contributed by atoms with Crippen molar-refractivity contribution in [3.05, 3.63) is 33.0 Å². The molecule has 0 amide bonds. The number of aryl methyl sites for hydroxylation is 2. The number of halogens is 3. The molecule has 4 aromatic rings. The van der Waals surface area contributed by atoms with Crippen molar-refractivity contribution in [2.24, 2.45) is 0 Å². The minimum absolute atomic E-state index is 0.0753. The second-order valence-electron chi connectivity index (χ2n) is 16.4. The van der Waals surface area contributed by atoms with Gasteiger partial charge in [-0.2, -0.15) is 13.2 Å². The number of rotatable bonds is 7. The summed E-state index contributed by atoms with van der Waals surface area (Å²) < 4.78 is 40.7. The van der Waals surface area contributed by atoms with E-state index in [0.29, 0.717) is 24.4 Å². The summed E-state index contributed by atoms with van der Waals surface area (Å²) in [6.07, 6.45) is 11.3. The first-order valence-corrected chi connectivity index (χ1v) is 20.6. The Morgan fingerprint density at radius 3 is 2.43 bits per heavy atom. The molecule has 5 fully saturated rings. The topological polar surface area (TPSA) is 94.1 Å². The maximum Gasteiger partial charge on any atom is 0.401 e. The van der Waals surface area contributed by atoms with Gasteiger partial charge < -0.3 is 20.9 Å². The Hall–Kier alpha value is -2.65. The first-order valence-electron chi connectivity index (χ1n) is 19.0. The van der Waals surface area contributed by atoms with Crippen LogP contribution < -0.4 is 16.0 Å². The molecule has 2 saturated carbocycles. The fourth-order valence-corrected chi connectivity index (χ4v) is 13.1. The van der Waals surface area contributed by atoms with Crippen molar-refractivity contribution in [1.29, 1.82) is 0 Å². The Labute approximate surface area is 304 Å². The predicted molar refractivity (Wildman–Crippen MR) is 197 cm³/mol. The number of fused-ring (bicyclic) bond motifs is 8. The molecular weight excluding hydrogens is 692 g/mol. The SMILES string of the molecule is CN(C)[C@@H]1C[C@@H]2C(Nc3ncnc4sc5c(c34)CC(c3nc(NC4CCC6(CCCN6)CC4)c4c6c(sc4n3)CCC6)C5)[C@H](C1)N2CC(F)(F)F. The lowest BCUT2D eigenvalue weighted by Gasteiger charge is -2.61. The van der Waals surface area contributed by atoms with Crippen molar-refractivity contribution in [3.63, 3.8) is 0 Å². The number of hydrogen-bond acceptors (Lipinski definition) is 11. The van der Waals surface area contributed by atoms with E-state index < -0.39 is 12.7 Å².